The van der Waals surface area contributed by atoms with Crippen molar-refractivity contribution < 1.29 is 47.5 Å². The monoisotopic (exact) mass is 491 g/mol. The highest BCUT2D eigenvalue weighted by molar-refractivity contribution is 7.47. The molecule has 33 heavy (non-hydrogen) atoms. The molecule has 1 aromatic rings. The van der Waals surface area contributed by atoms with E-state index in [0.717, 1.165) is 25.0 Å². The highest BCUT2D eigenvalue weighted by Gasteiger charge is 2.34. The largest absolute Gasteiger partial charge is 0.804 e. The molecule has 0 spiro atoms. The first-order valence-electron chi connectivity index (χ1n) is 11.1. The standard InChI is InChI=1S/C22H38NO9P/c1-5-6-7-13-29-18-11-10-12-19(16-18)30-14-8-9-15-31-33(27,28)32-20(17-21(24)25)22(26)23(2,3)4/h10-12,16,20,22H,5-9,13-15,17H2,1-4H3,(H,24,25)(H,27,28)/t20-,22?/m1/s1. The molecule has 0 saturated carbocycles. The Morgan fingerprint density at radius 1 is 1.06 bits per heavy atom. The van der Waals surface area contributed by atoms with Crippen LogP contribution in [0.2, 0.25) is 0 Å². The predicted octanol–water partition coefficient (Wildman–Crippen LogP) is 2.78. The first-order valence-corrected chi connectivity index (χ1v) is 12.6. The predicted molar refractivity (Wildman–Crippen MR) is 121 cm³/mol. The van der Waals surface area contributed by atoms with Crippen LogP contribution < -0.4 is 14.6 Å². The van der Waals surface area contributed by atoms with Gasteiger partial charge in [0.05, 0.1) is 47.4 Å². The van der Waals surface area contributed by atoms with E-state index in [9.17, 15) is 19.4 Å². The van der Waals surface area contributed by atoms with Gasteiger partial charge in [0.15, 0.2) is 0 Å². The van der Waals surface area contributed by atoms with E-state index in [2.05, 4.69) is 6.92 Å². The minimum atomic E-state index is -4.59. The van der Waals surface area contributed by atoms with Gasteiger partial charge in [0.25, 0.3) is 0 Å². The molecule has 2 unspecified atom stereocenters. The van der Waals surface area contributed by atoms with Gasteiger partial charge in [0.1, 0.15) is 17.6 Å². The van der Waals surface area contributed by atoms with Crippen LogP contribution in [0.4, 0.5) is 0 Å². The molecule has 0 bridgehead atoms. The van der Waals surface area contributed by atoms with Crippen molar-refractivity contribution in [3.05, 3.63) is 24.3 Å². The molecule has 0 aliphatic heterocycles. The van der Waals surface area contributed by atoms with E-state index in [1.54, 1.807) is 21.1 Å². The normalized spacial score (nSPS) is 15.5. The fourth-order valence-electron chi connectivity index (χ4n) is 2.83. The third kappa shape index (κ3) is 13.0. The topological polar surface area (TPSA) is 135 Å². The van der Waals surface area contributed by atoms with Gasteiger partial charge < -0.3 is 29.1 Å². The summed E-state index contributed by atoms with van der Waals surface area (Å²) in [4.78, 5) is 20.9. The number of carboxylic acid groups (broad SMARTS) is 1. The van der Waals surface area contributed by atoms with Gasteiger partial charge in [0.2, 0.25) is 0 Å². The molecule has 1 aromatic carbocycles. The fraction of sp³-hybridized carbons (Fsp3) is 0.682. The zero-order valence-electron chi connectivity index (χ0n) is 20.0. The van der Waals surface area contributed by atoms with Gasteiger partial charge in [-0.25, -0.2) is 4.57 Å². The number of carbonyl (C=O) groups is 1. The number of phosphoric ester groups is 1. The molecule has 0 fully saturated rings. The number of likely N-dealkylation sites (N-methyl/N-ethyl adjacent to an activating group) is 1. The molecule has 0 aliphatic carbocycles. The van der Waals surface area contributed by atoms with Crippen LogP contribution in [0.15, 0.2) is 24.3 Å². The van der Waals surface area contributed by atoms with Crippen molar-refractivity contribution in [1.29, 1.82) is 0 Å². The second-order valence-corrected chi connectivity index (χ2v) is 10.0. The van der Waals surface area contributed by atoms with Gasteiger partial charge in [-0.2, -0.15) is 0 Å². The summed E-state index contributed by atoms with van der Waals surface area (Å²) in [6.45, 7) is 3.06. The molecule has 0 aromatic heterocycles. The Bertz CT molecular complexity index is 754. The average Bonchev–Trinajstić information content (AvgIpc) is 2.72. The van der Waals surface area contributed by atoms with Crippen LogP contribution in [0.5, 0.6) is 11.5 Å². The van der Waals surface area contributed by atoms with Crippen molar-refractivity contribution in [1.82, 2.24) is 0 Å². The van der Waals surface area contributed by atoms with Crippen LogP contribution in [-0.2, 0) is 18.4 Å². The number of nitrogens with zero attached hydrogens (tertiary/aromatic N) is 1. The average molecular weight is 492 g/mol. The second-order valence-electron chi connectivity index (χ2n) is 8.64. The SMILES string of the molecule is CCCCCOc1cccc(OCCCCOP(=O)(O)O[C@H](CC(=O)O)C([O-])[N+](C)(C)C)c1. The zero-order valence-corrected chi connectivity index (χ0v) is 20.9. The second kappa shape index (κ2) is 14.6. The minimum absolute atomic E-state index is 0.106. The molecule has 10 nitrogen and oxygen atoms in total. The van der Waals surface area contributed by atoms with E-state index < -0.39 is 32.5 Å². The number of hydrogen-bond donors (Lipinski definition) is 2. The van der Waals surface area contributed by atoms with Crippen LogP contribution >= 0.6 is 7.82 Å². The number of rotatable bonds is 18. The Morgan fingerprint density at radius 2 is 1.61 bits per heavy atom. The minimum Gasteiger partial charge on any atom is -0.804 e. The Labute approximate surface area is 196 Å². The summed E-state index contributed by atoms with van der Waals surface area (Å²) < 4.78 is 33.2. The number of ether oxygens (including phenoxy) is 2. The van der Waals surface area contributed by atoms with Crippen LogP contribution in [0.1, 0.15) is 45.4 Å². The molecular formula is C22H38NO9P. The number of phosphoric acid groups is 1. The lowest BCUT2D eigenvalue weighted by molar-refractivity contribution is -0.973. The molecule has 0 heterocycles. The van der Waals surface area contributed by atoms with Crippen molar-refractivity contribution >= 4 is 13.8 Å². The van der Waals surface area contributed by atoms with Crippen molar-refractivity contribution in [2.45, 2.75) is 57.8 Å². The van der Waals surface area contributed by atoms with Crippen LogP contribution in [0.25, 0.3) is 0 Å². The number of carboxylic acids is 1. The van der Waals surface area contributed by atoms with Crippen molar-refractivity contribution in [3.63, 3.8) is 0 Å². The number of aliphatic carboxylic acids is 1. The fourth-order valence-corrected chi connectivity index (χ4v) is 3.77. The summed E-state index contributed by atoms with van der Waals surface area (Å²) in [5, 5.41) is 21.4. The molecule has 0 amide bonds. The third-order valence-electron chi connectivity index (χ3n) is 4.61. The highest BCUT2D eigenvalue weighted by atomic mass is 31.2. The molecule has 0 aliphatic rings. The quantitative estimate of drug-likeness (QED) is 0.138. The lowest BCUT2D eigenvalue weighted by Gasteiger charge is -2.42. The molecule has 0 saturated heterocycles. The summed E-state index contributed by atoms with van der Waals surface area (Å²) in [7, 11) is 0.0585. The van der Waals surface area contributed by atoms with E-state index in [0.29, 0.717) is 31.8 Å². The summed E-state index contributed by atoms with van der Waals surface area (Å²) >= 11 is 0. The smallest absolute Gasteiger partial charge is 0.472 e. The summed E-state index contributed by atoms with van der Waals surface area (Å²) in [6, 6.07) is 7.35. The zero-order chi connectivity index (χ0) is 24.9. The van der Waals surface area contributed by atoms with Crippen molar-refractivity contribution in [2.24, 2.45) is 0 Å². The van der Waals surface area contributed by atoms with Gasteiger partial charge in [0, 0.05) is 12.3 Å². The summed E-state index contributed by atoms with van der Waals surface area (Å²) in [5.74, 6) is 0.104. The van der Waals surface area contributed by atoms with Gasteiger partial charge in [-0.1, -0.05) is 25.8 Å². The van der Waals surface area contributed by atoms with E-state index >= 15 is 0 Å². The van der Waals surface area contributed by atoms with Crippen molar-refractivity contribution in [2.75, 3.05) is 41.0 Å². The maximum Gasteiger partial charge on any atom is 0.472 e. The molecule has 11 heteroatoms. The van der Waals surface area contributed by atoms with Crippen molar-refractivity contribution in [3.8, 4) is 11.5 Å². The van der Waals surface area contributed by atoms with Gasteiger partial charge in [-0.05, 0) is 31.4 Å². The molecule has 2 N–H and O–H groups in total. The van der Waals surface area contributed by atoms with Crippen LogP contribution in [-0.4, -0.2) is 73.7 Å². The first kappa shape index (κ1) is 29.4. The van der Waals surface area contributed by atoms with E-state index in [1.165, 1.54) is 0 Å². The number of unbranched alkanes of at least 4 members (excludes halogenated alkanes) is 3. The lowest BCUT2D eigenvalue weighted by atomic mass is 10.2. The van der Waals surface area contributed by atoms with Crippen LogP contribution in [0.3, 0.4) is 0 Å². The maximum atomic E-state index is 12.4. The molecule has 3 atom stereocenters. The number of quaternary nitrogens is 1. The van der Waals surface area contributed by atoms with E-state index in [4.69, 9.17) is 23.6 Å². The Morgan fingerprint density at radius 3 is 2.12 bits per heavy atom. The summed E-state index contributed by atoms with van der Waals surface area (Å²) in [6.07, 6.45) is 0.408. The first-order chi connectivity index (χ1) is 15.4. The maximum absolute atomic E-state index is 12.4. The third-order valence-corrected chi connectivity index (χ3v) is 5.66. The van der Waals surface area contributed by atoms with Gasteiger partial charge >= 0.3 is 13.8 Å². The van der Waals surface area contributed by atoms with Gasteiger partial charge in [-0.15, -0.1) is 0 Å². The molecule has 1 rings (SSSR count). The van der Waals surface area contributed by atoms with Crippen LogP contribution in [0, 0.1) is 0 Å². The molecular weight excluding hydrogens is 453 g/mol. The molecule has 190 valence electrons. The lowest BCUT2D eigenvalue weighted by Crippen LogP contribution is -2.60. The van der Waals surface area contributed by atoms with Gasteiger partial charge in [-0.3, -0.25) is 13.8 Å². The number of benzene rings is 1. The Balaban J connectivity index is 2.38. The van der Waals surface area contributed by atoms with E-state index in [-0.39, 0.29) is 11.1 Å². The Kier molecular flexibility index (Phi) is 12.9. The number of hydrogen-bond acceptors (Lipinski definition) is 7. The molecule has 0 radical (unpaired) electrons. The highest BCUT2D eigenvalue weighted by Crippen LogP contribution is 2.45. The Hall–Kier alpha value is -1.68. The summed E-state index contributed by atoms with van der Waals surface area (Å²) in [5.41, 5.74) is 0. The van der Waals surface area contributed by atoms with E-state index in [1.807, 2.05) is 24.3 Å².